The molecule has 0 aromatic heterocycles. The SMILES string of the molecule is CCOC(=O)c1c(Br)ccc(C#N)c1CCl. The normalized spacial score (nSPS) is 9.62. The van der Waals surface area contributed by atoms with Gasteiger partial charge in [-0.1, -0.05) is 0 Å². The Labute approximate surface area is 107 Å². The Balaban J connectivity index is 3.35. The van der Waals surface area contributed by atoms with Crippen LogP contribution in [0.5, 0.6) is 0 Å². The summed E-state index contributed by atoms with van der Waals surface area (Å²) >= 11 is 9.01. The number of nitrogens with zero attached hydrogens (tertiary/aromatic N) is 1. The number of hydrogen-bond donors (Lipinski definition) is 0. The second kappa shape index (κ2) is 5.88. The lowest BCUT2D eigenvalue weighted by Crippen LogP contribution is -2.10. The second-order valence-electron chi connectivity index (χ2n) is 2.91. The monoisotopic (exact) mass is 301 g/mol. The second-order valence-corrected chi connectivity index (χ2v) is 4.04. The minimum absolute atomic E-state index is 0.0937. The lowest BCUT2D eigenvalue weighted by atomic mass is 10.0. The summed E-state index contributed by atoms with van der Waals surface area (Å²) in [4.78, 5) is 11.7. The molecular weight excluding hydrogens is 293 g/mol. The van der Waals surface area contributed by atoms with Gasteiger partial charge in [0.25, 0.3) is 0 Å². The number of ether oxygens (including phenoxy) is 1. The van der Waals surface area contributed by atoms with E-state index in [4.69, 9.17) is 21.6 Å². The lowest BCUT2D eigenvalue weighted by Gasteiger charge is -2.10. The molecule has 0 heterocycles. The molecule has 84 valence electrons. The van der Waals surface area contributed by atoms with E-state index in [0.29, 0.717) is 21.2 Å². The molecular formula is C11H9BrClNO2. The number of benzene rings is 1. The molecule has 0 N–H and O–H groups in total. The number of carbonyl (C=O) groups excluding carboxylic acids is 1. The van der Waals surface area contributed by atoms with Gasteiger partial charge in [0, 0.05) is 15.9 Å². The molecule has 1 rings (SSSR count). The summed E-state index contributed by atoms with van der Waals surface area (Å²) in [6.45, 7) is 2.00. The molecule has 0 unspecified atom stereocenters. The number of esters is 1. The van der Waals surface area contributed by atoms with Crippen LogP contribution in [0.2, 0.25) is 0 Å². The molecule has 0 spiro atoms. The van der Waals surface area contributed by atoms with Crippen molar-refractivity contribution < 1.29 is 9.53 Å². The average Bonchev–Trinajstić information content (AvgIpc) is 2.28. The number of nitriles is 1. The van der Waals surface area contributed by atoms with Crippen molar-refractivity contribution in [2.75, 3.05) is 6.61 Å². The maximum atomic E-state index is 11.7. The van der Waals surface area contributed by atoms with Crippen molar-refractivity contribution >= 4 is 33.5 Å². The molecule has 0 bridgehead atoms. The Hall–Kier alpha value is -1.05. The zero-order valence-corrected chi connectivity index (χ0v) is 10.9. The number of halogens is 2. The van der Waals surface area contributed by atoms with Gasteiger partial charge in [-0.15, -0.1) is 11.6 Å². The molecule has 1 aromatic carbocycles. The van der Waals surface area contributed by atoms with Crippen molar-refractivity contribution in [1.82, 2.24) is 0 Å². The van der Waals surface area contributed by atoms with Crippen molar-refractivity contribution in [3.8, 4) is 6.07 Å². The van der Waals surface area contributed by atoms with E-state index >= 15 is 0 Å². The van der Waals surface area contributed by atoms with Gasteiger partial charge in [0.05, 0.1) is 23.8 Å². The van der Waals surface area contributed by atoms with Crippen LogP contribution in [0.1, 0.15) is 28.4 Å². The summed E-state index contributed by atoms with van der Waals surface area (Å²) in [7, 11) is 0. The molecule has 0 radical (unpaired) electrons. The molecule has 5 heteroatoms. The van der Waals surface area contributed by atoms with E-state index in [1.807, 2.05) is 6.07 Å². The lowest BCUT2D eigenvalue weighted by molar-refractivity contribution is 0.0524. The van der Waals surface area contributed by atoms with Crippen LogP contribution in [-0.4, -0.2) is 12.6 Å². The smallest absolute Gasteiger partial charge is 0.339 e. The predicted molar refractivity (Wildman–Crippen MR) is 64.4 cm³/mol. The molecule has 0 atom stereocenters. The molecule has 0 aliphatic carbocycles. The highest BCUT2D eigenvalue weighted by molar-refractivity contribution is 9.10. The predicted octanol–water partition coefficient (Wildman–Crippen LogP) is 3.24. The van der Waals surface area contributed by atoms with Gasteiger partial charge in [0.2, 0.25) is 0 Å². The van der Waals surface area contributed by atoms with Gasteiger partial charge in [-0.25, -0.2) is 4.79 Å². The summed E-state index contributed by atoms with van der Waals surface area (Å²) < 4.78 is 5.50. The van der Waals surface area contributed by atoms with Gasteiger partial charge in [0.1, 0.15) is 0 Å². The molecule has 1 aromatic rings. The van der Waals surface area contributed by atoms with E-state index in [1.54, 1.807) is 19.1 Å². The third-order valence-electron chi connectivity index (χ3n) is 2.00. The largest absolute Gasteiger partial charge is 0.462 e. The number of carbonyl (C=O) groups is 1. The van der Waals surface area contributed by atoms with E-state index in [2.05, 4.69) is 15.9 Å². The highest BCUT2D eigenvalue weighted by Gasteiger charge is 2.18. The van der Waals surface area contributed by atoms with E-state index in [1.165, 1.54) is 0 Å². The van der Waals surface area contributed by atoms with Crippen molar-refractivity contribution in [3.05, 3.63) is 33.3 Å². The van der Waals surface area contributed by atoms with Gasteiger partial charge in [-0.3, -0.25) is 0 Å². The van der Waals surface area contributed by atoms with Crippen LogP contribution in [0.25, 0.3) is 0 Å². The Morgan fingerprint density at radius 1 is 1.62 bits per heavy atom. The topological polar surface area (TPSA) is 50.1 Å². The zero-order chi connectivity index (χ0) is 12.1. The third kappa shape index (κ3) is 2.55. The van der Waals surface area contributed by atoms with Gasteiger partial charge in [-0.05, 0) is 35.0 Å². The van der Waals surface area contributed by atoms with Crippen LogP contribution in [0.3, 0.4) is 0 Å². The maximum absolute atomic E-state index is 11.7. The van der Waals surface area contributed by atoms with Crippen LogP contribution in [-0.2, 0) is 10.6 Å². The van der Waals surface area contributed by atoms with E-state index in [9.17, 15) is 4.79 Å². The fraction of sp³-hybridized carbons (Fsp3) is 0.273. The van der Waals surface area contributed by atoms with Crippen molar-refractivity contribution in [3.63, 3.8) is 0 Å². The highest BCUT2D eigenvalue weighted by Crippen LogP contribution is 2.26. The Bertz CT molecular complexity index is 454. The molecule has 0 aliphatic rings. The van der Waals surface area contributed by atoms with Gasteiger partial charge < -0.3 is 4.74 Å². The first-order chi connectivity index (χ1) is 7.65. The first-order valence-corrected chi connectivity index (χ1v) is 5.93. The van der Waals surface area contributed by atoms with Crippen molar-refractivity contribution in [2.24, 2.45) is 0 Å². The van der Waals surface area contributed by atoms with Crippen LogP contribution in [0.15, 0.2) is 16.6 Å². The fourth-order valence-electron chi connectivity index (χ4n) is 1.29. The summed E-state index contributed by atoms with van der Waals surface area (Å²) in [5.74, 6) is -0.377. The first kappa shape index (κ1) is 13.0. The summed E-state index contributed by atoms with van der Waals surface area (Å²) in [5, 5.41) is 8.90. The first-order valence-electron chi connectivity index (χ1n) is 4.60. The minimum atomic E-state index is -0.470. The van der Waals surface area contributed by atoms with Crippen LogP contribution < -0.4 is 0 Å². The van der Waals surface area contributed by atoms with Crippen LogP contribution in [0, 0.1) is 11.3 Å². The van der Waals surface area contributed by atoms with E-state index < -0.39 is 5.97 Å². The van der Waals surface area contributed by atoms with Crippen molar-refractivity contribution in [2.45, 2.75) is 12.8 Å². The minimum Gasteiger partial charge on any atom is -0.462 e. The third-order valence-corrected chi connectivity index (χ3v) is 2.92. The zero-order valence-electron chi connectivity index (χ0n) is 8.59. The fourth-order valence-corrected chi connectivity index (χ4v) is 2.10. The maximum Gasteiger partial charge on any atom is 0.339 e. The van der Waals surface area contributed by atoms with Gasteiger partial charge >= 0.3 is 5.97 Å². The summed E-state index contributed by atoms with van der Waals surface area (Å²) in [6, 6.07) is 5.25. The molecule has 0 amide bonds. The molecule has 0 saturated carbocycles. The molecule has 0 fully saturated rings. The Kier molecular flexibility index (Phi) is 4.78. The molecule has 0 aliphatic heterocycles. The summed E-state index contributed by atoms with van der Waals surface area (Å²) in [5.41, 5.74) is 1.22. The standard InChI is InChI=1S/C11H9BrClNO2/c1-2-16-11(15)10-8(5-13)7(6-14)3-4-9(10)12/h3-4H,2,5H2,1H3. The Morgan fingerprint density at radius 2 is 2.31 bits per heavy atom. The molecule has 16 heavy (non-hydrogen) atoms. The Morgan fingerprint density at radius 3 is 2.81 bits per heavy atom. The average molecular weight is 303 g/mol. The number of hydrogen-bond acceptors (Lipinski definition) is 3. The highest BCUT2D eigenvalue weighted by atomic mass is 79.9. The van der Waals surface area contributed by atoms with Crippen molar-refractivity contribution in [1.29, 1.82) is 5.26 Å². The van der Waals surface area contributed by atoms with Gasteiger partial charge in [0.15, 0.2) is 0 Å². The van der Waals surface area contributed by atoms with E-state index in [0.717, 1.165) is 0 Å². The number of rotatable bonds is 3. The molecule has 0 saturated heterocycles. The number of alkyl halides is 1. The van der Waals surface area contributed by atoms with E-state index in [-0.39, 0.29) is 12.5 Å². The summed E-state index contributed by atoms with van der Waals surface area (Å²) in [6.07, 6.45) is 0. The van der Waals surface area contributed by atoms with Gasteiger partial charge in [-0.2, -0.15) is 5.26 Å². The van der Waals surface area contributed by atoms with Crippen LogP contribution in [0.4, 0.5) is 0 Å². The van der Waals surface area contributed by atoms with Crippen LogP contribution >= 0.6 is 27.5 Å². The quantitative estimate of drug-likeness (QED) is 0.636. The molecule has 3 nitrogen and oxygen atoms in total.